The van der Waals surface area contributed by atoms with Crippen LogP contribution in [0.15, 0.2) is 48.5 Å². The van der Waals surface area contributed by atoms with Crippen molar-refractivity contribution >= 4 is 58.2 Å². The molecule has 4 aromatic rings. The van der Waals surface area contributed by atoms with Crippen LogP contribution in [0.2, 0.25) is 0 Å². The fourth-order valence-electron chi connectivity index (χ4n) is 12.5. The number of nitrogens with zero attached hydrogens (tertiary/aromatic N) is 2. The van der Waals surface area contributed by atoms with E-state index in [4.69, 9.17) is 15.7 Å². The molecule has 0 atom stereocenters. The minimum absolute atomic E-state index is 0.0810. The second-order valence-corrected chi connectivity index (χ2v) is 25.2. The van der Waals surface area contributed by atoms with Crippen LogP contribution in [-0.2, 0) is 24.1 Å². The van der Waals surface area contributed by atoms with Crippen LogP contribution in [0.3, 0.4) is 0 Å². The Morgan fingerprint density at radius 2 is 0.747 bits per heavy atom. The zero-order valence-corrected chi connectivity index (χ0v) is 55.0. The molecule has 1 aromatic carbocycles. The van der Waals surface area contributed by atoms with E-state index in [1.165, 1.54) is 171 Å². The Balaban J connectivity index is 1.21. The van der Waals surface area contributed by atoms with Crippen LogP contribution in [0, 0.1) is 0 Å². The molecule has 3 aromatic heterocycles. The number of hydrogen-bond acceptors (Lipinski definition) is 7. The highest BCUT2D eigenvalue weighted by Crippen LogP contribution is 2.33. The number of carbonyl (C=O) groups excluding carboxylic acids is 2. The maximum absolute atomic E-state index is 13.6. The number of nitrogens with two attached hydrogens (primary N) is 1. The van der Waals surface area contributed by atoms with Crippen LogP contribution >= 0.6 is 0 Å². The first-order chi connectivity index (χ1) is 42.9. The third-order valence-electron chi connectivity index (χ3n) is 17.8. The molecule has 11 heteroatoms. The minimum atomic E-state index is -0.0810. The Hall–Kier alpha value is -5.36. The number of fused-ring (bicyclic) bond motifs is 8. The van der Waals surface area contributed by atoms with Crippen molar-refractivity contribution < 1.29 is 9.59 Å². The molecular formula is C76H119N9O2. The smallest absolute Gasteiger partial charge is 0.251 e. The summed E-state index contributed by atoms with van der Waals surface area (Å²) in [6.07, 6.45) is 54.1. The van der Waals surface area contributed by atoms with Crippen molar-refractivity contribution in [1.82, 2.24) is 41.2 Å². The monoisotopic (exact) mass is 1190 g/mol. The second-order valence-electron chi connectivity index (χ2n) is 25.2. The van der Waals surface area contributed by atoms with E-state index in [2.05, 4.69) is 113 Å². The molecule has 0 aliphatic carbocycles. The van der Waals surface area contributed by atoms with E-state index in [1.807, 2.05) is 12.1 Å². The first kappa shape index (κ1) is 70.7. The molecule has 0 saturated heterocycles. The molecule has 0 spiro atoms. The van der Waals surface area contributed by atoms with E-state index >= 15 is 0 Å². The molecule has 11 nitrogen and oxygen atoms in total. The van der Waals surface area contributed by atoms with Crippen LogP contribution in [0.4, 0.5) is 0 Å². The third-order valence-corrected chi connectivity index (χ3v) is 17.8. The molecule has 0 saturated carbocycles. The summed E-state index contributed by atoms with van der Waals surface area (Å²) in [5.41, 5.74) is 20.6. The maximum atomic E-state index is 13.6. The highest BCUT2D eigenvalue weighted by Gasteiger charge is 2.18. The molecule has 0 fully saturated rings. The normalized spacial score (nSPS) is 12.0. The van der Waals surface area contributed by atoms with Crippen molar-refractivity contribution in [1.29, 1.82) is 0 Å². The molecular weight excluding hydrogens is 1070 g/mol. The standard InChI is InChI=1S/C76H119N9O2/c1-4-7-10-13-16-19-22-25-29-38-63-66-46-48-68(82-66)64(39-30-26-23-20-17-14-11-8-5-2)70-50-52-72(84-70)75(73-53-51-71(85-73)65(69-49-47-67(63)83-69)40-31-27-24-21-18-15-12-9-6-3)61-42-44-62(45-43-61)76(87)81-59-33-28-32-41-74(86)80-60-37-58-79-56-35-34-55-78-57-36-54-77/h42-53,78-79,84-85H,4-41,54-60,77H2,1-3H3,(H,80,86)(H,81,87). The number of rotatable bonds is 50. The lowest BCUT2D eigenvalue weighted by Crippen LogP contribution is -2.27. The average molecular weight is 1190 g/mol. The lowest BCUT2D eigenvalue weighted by molar-refractivity contribution is -0.121. The predicted octanol–water partition coefficient (Wildman–Crippen LogP) is 18.6. The number of aromatic nitrogens is 4. The van der Waals surface area contributed by atoms with Gasteiger partial charge in [-0.3, -0.25) is 9.59 Å². The van der Waals surface area contributed by atoms with Gasteiger partial charge in [-0.15, -0.1) is 0 Å². The van der Waals surface area contributed by atoms with Gasteiger partial charge in [0.05, 0.1) is 22.8 Å². The average Bonchev–Trinajstić information content (AvgIpc) is 4.04. The van der Waals surface area contributed by atoms with Crippen LogP contribution in [0.5, 0.6) is 0 Å². The van der Waals surface area contributed by atoms with Gasteiger partial charge >= 0.3 is 0 Å². The summed E-state index contributed by atoms with van der Waals surface area (Å²) < 4.78 is 0. The van der Waals surface area contributed by atoms with Crippen molar-refractivity contribution in [3.05, 3.63) is 93.6 Å². The number of benzene rings is 1. The van der Waals surface area contributed by atoms with Gasteiger partial charge in [-0.05, 0) is 176 Å². The van der Waals surface area contributed by atoms with Gasteiger partial charge in [0.2, 0.25) is 5.91 Å². The molecule has 0 radical (unpaired) electrons. The molecule has 2 aliphatic heterocycles. The lowest BCUT2D eigenvalue weighted by Gasteiger charge is -2.09. The number of H-pyrrole nitrogens is 2. The highest BCUT2D eigenvalue weighted by atomic mass is 16.2. The summed E-state index contributed by atoms with van der Waals surface area (Å²) in [7, 11) is 0. The number of aromatic amines is 2. The fourth-order valence-corrected chi connectivity index (χ4v) is 12.5. The Bertz CT molecular complexity index is 2650. The number of aryl methyl sites for hydroxylation is 2. The molecule has 8 bridgehead atoms. The van der Waals surface area contributed by atoms with Gasteiger partial charge < -0.3 is 37.0 Å². The van der Waals surface area contributed by atoms with Gasteiger partial charge in [0.1, 0.15) is 0 Å². The predicted molar refractivity (Wildman–Crippen MR) is 374 cm³/mol. The second kappa shape index (κ2) is 44.1. The quantitative estimate of drug-likeness (QED) is 0.0187. The van der Waals surface area contributed by atoms with Gasteiger partial charge in [0, 0.05) is 69.4 Å². The molecule has 6 rings (SSSR count). The third kappa shape index (κ3) is 26.7. The Kier molecular flexibility index (Phi) is 35.9. The van der Waals surface area contributed by atoms with E-state index in [0.717, 1.165) is 172 Å². The van der Waals surface area contributed by atoms with Crippen molar-refractivity contribution in [2.75, 3.05) is 45.8 Å². The molecule has 8 N–H and O–H groups in total. The molecule has 480 valence electrons. The summed E-state index contributed by atoms with van der Waals surface area (Å²) in [5.74, 6) is 0.0232. The first-order valence-corrected chi connectivity index (χ1v) is 35.8. The summed E-state index contributed by atoms with van der Waals surface area (Å²) in [6, 6.07) is 17.2. The molecule has 5 heterocycles. The highest BCUT2D eigenvalue weighted by molar-refractivity contribution is 5.97. The molecule has 87 heavy (non-hydrogen) atoms. The van der Waals surface area contributed by atoms with Gasteiger partial charge in [0.15, 0.2) is 0 Å². The minimum Gasteiger partial charge on any atom is -0.356 e. The van der Waals surface area contributed by atoms with E-state index < -0.39 is 0 Å². The maximum Gasteiger partial charge on any atom is 0.251 e. The van der Waals surface area contributed by atoms with Crippen molar-refractivity contribution in [3.8, 4) is 11.1 Å². The summed E-state index contributed by atoms with van der Waals surface area (Å²) in [6.45, 7) is 12.8. The molecule has 0 unspecified atom stereocenters. The Morgan fingerprint density at radius 3 is 1.21 bits per heavy atom. The van der Waals surface area contributed by atoms with Crippen LogP contribution in [-0.4, -0.2) is 77.6 Å². The van der Waals surface area contributed by atoms with Crippen LogP contribution < -0.4 is 27.0 Å². The zero-order valence-electron chi connectivity index (χ0n) is 55.0. The number of carbonyl (C=O) groups is 2. The Morgan fingerprint density at radius 1 is 0.379 bits per heavy atom. The van der Waals surface area contributed by atoms with Crippen LogP contribution in [0.25, 0.3) is 57.5 Å². The number of nitrogens with one attached hydrogen (secondary N) is 6. The molecule has 2 aliphatic rings. The fraction of sp³-hybridized carbons (Fsp3) is 0.632. The van der Waals surface area contributed by atoms with Crippen molar-refractivity contribution in [2.24, 2.45) is 5.73 Å². The van der Waals surface area contributed by atoms with E-state index in [1.54, 1.807) is 0 Å². The van der Waals surface area contributed by atoms with Gasteiger partial charge in [-0.2, -0.15) is 0 Å². The van der Waals surface area contributed by atoms with Crippen molar-refractivity contribution in [2.45, 2.75) is 265 Å². The summed E-state index contributed by atoms with van der Waals surface area (Å²) in [4.78, 5) is 45.3. The van der Waals surface area contributed by atoms with Gasteiger partial charge in [-0.25, -0.2) is 9.97 Å². The number of unbranched alkanes of at least 4 members (excludes halogenated alkanes) is 27. The number of hydrogen-bond donors (Lipinski definition) is 7. The van der Waals surface area contributed by atoms with E-state index in [0.29, 0.717) is 25.1 Å². The summed E-state index contributed by atoms with van der Waals surface area (Å²) in [5, 5.41) is 13.1. The summed E-state index contributed by atoms with van der Waals surface area (Å²) >= 11 is 0. The SMILES string of the molecule is CCCCCCCCCCCc1c2nc(c(CCCCCCCCCCC)c3ccc([nH]3)c(-c3ccc(C(=O)NCCCCCC(=O)NCCCNCCCCNCCCN)cc3)c3ccc([nH]3)c(CCCCCCCCCCC)c3nc1C=C3)C=C2. The lowest BCUT2D eigenvalue weighted by atomic mass is 10.0. The first-order valence-electron chi connectivity index (χ1n) is 35.8. The van der Waals surface area contributed by atoms with Crippen LogP contribution in [0.1, 0.15) is 295 Å². The molecule has 2 amide bonds. The number of amides is 2. The van der Waals surface area contributed by atoms with Gasteiger partial charge in [0.25, 0.3) is 5.91 Å². The van der Waals surface area contributed by atoms with Gasteiger partial charge in [-0.1, -0.05) is 193 Å². The van der Waals surface area contributed by atoms with E-state index in [9.17, 15) is 9.59 Å². The Labute approximate surface area is 527 Å². The largest absolute Gasteiger partial charge is 0.356 e. The van der Waals surface area contributed by atoms with Crippen molar-refractivity contribution in [3.63, 3.8) is 0 Å². The van der Waals surface area contributed by atoms with E-state index in [-0.39, 0.29) is 11.8 Å². The zero-order chi connectivity index (χ0) is 61.2. The topological polar surface area (TPSA) is 166 Å².